The Morgan fingerprint density at radius 3 is 2.48 bits per heavy atom. The van der Waals surface area contributed by atoms with Crippen LogP contribution in [0.5, 0.6) is 0 Å². The summed E-state index contributed by atoms with van der Waals surface area (Å²) in [4.78, 5) is 31.1. The quantitative estimate of drug-likeness (QED) is 0.679. The van der Waals surface area contributed by atoms with Gasteiger partial charge < -0.3 is 20.5 Å². The highest BCUT2D eigenvalue weighted by atomic mass is 19.2. The zero-order chi connectivity index (χ0) is 22.9. The number of aromatic nitrogens is 2. The monoisotopic (exact) mass is 437 g/mol. The molecule has 0 bridgehead atoms. The summed E-state index contributed by atoms with van der Waals surface area (Å²) in [6, 6.07) is 0.305. The van der Waals surface area contributed by atoms with Crippen LogP contribution in [0.2, 0.25) is 0 Å². The molecule has 7 nitrogen and oxygen atoms in total. The number of nitrogens with two attached hydrogens (primary N) is 1. The van der Waals surface area contributed by atoms with Crippen molar-refractivity contribution in [3.05, 3.63) is 41.0 Å². The Kier molecular flexibility index (Phi) is 6.68. The molecule has 168 valence electrons. The van der Waals surface area contributed by atoms with Crippen molar-refractivity contribution in [3.8, 4) is 11.4 Å². The highest BCUT2D eigenvalue weighted by Crippen LogP contribution is 2.29. The molecule has 0 fully saturated rings. The van der Waals surface area contributed by atoms with Crippen molar-refractivity contribution in [2.75, 3.05) is 13.6 Å². The van der Waals surface area contributed by atoms with E-state index in [4.69, 9.17) is 5.73 Å². The van der Waals surface area contributed by atoms with Gasteiger partial charge in [0.1, 0.15) is 17.7 Å². The summed E-state index contributed by atoms with van der Waals surface area (Å²) in [5, 5.41) is 2.61. The normalized spacial score (nSPS) is 15.5. The SMILES string of the molecule is CC(C)C[C@H](NC(=O)c1nc(-c2cc(F)c(F)cc2F)n2c1CN(C)CCC2)C(N)=O. The van der Waals surface area contributed by atoms with Crippen LogP contribution >= 0.6 is 0 Å². The summed E-state index contributed by atoms with van der Waals surface area (Å²) in [6.07, 6.45) is 1.04. The summed E-state index contributed by atoms with van der Waals surface area (Å²) in [5.74, 6) is -4.66. The first-order chi connectivity index (χ1) is 14.6. The first kappa shape index (κ1) is 22.8. The predicted octanol–water partition coefficient (Wildman–Crippen LogP) is 2.43. The van der Waals surface area contributed by atoms with E-state index in [-0.39, 0.29) is 23.0 Å². The molecule has 0 aliphatic carbocycles. The first-order valence-electron chi connectivity index (χ1n) is 10.1. The third-order valence-corrected chi connectivity index (χ3v) is 5.24. The Balaban J connectivity index is 2.08. The number of halogens is 3. The van der Waals surface area contributed by atoms with Gasteiger partial charge in [-0.3, -0.25) is 9.59 Å². The van der Waals surface area contributed by atoms with Crippen LogP contribution in [0, 0.1) is 23.4 Å². The molecule has 3 rings (SSSR count). The minimum Gasteiger partial charge on any atom is -0.368 e. The number of nitrogens with zero attached hydrogens (tertiary/aromatic N) is 3. The average molecular weight is 437 g/mol. The van der Waals surface area contributed by atoms with E-state index >= 15 is 0 Å². The van der Waals surface area contributed by atoms with Crippen LogP contribution in [0.1, 0.15) is 42.9 Å². The van der Waals surface area contributed by atoms with Crippen LogP contribution in [0.25, 0.3) is 11.4 Å². The number of primary amides is 1. The number of imidazole rings is 1. The van der Waals surface area contributed by atoms with Crippen molar-refractivity contribution in [1.82, 2.24) is 19.8 Å². The largest absolute Gasteiger partial charge is 0.368 e. The van der Waals surface area contributed by atoms with Gasteiger partial charge >= 0.3 is 0 Å². The predicted molar refractivity (Wildman–Crippen MR) is 108 cm³/mol. The third-order valence-electron chi connectivity index (χ3n) is 5.24. The lowest BCUT2D eigenvalue weighted by atomic mass is 10.0. The fraction of sp³-hybridized carbons (Fsp3) is 0.476. The lowest BCUT2D eigenvalue weighted by Gasteiger charge is -2.18. The number of hydrogen-bond acceptors (Lipinski definition) is 4. The van der Waals surface area contributed by atoms with Gasteiger partial charge in [-0.1, -0.05) is 13.8 Å². The van der Waals surface area contributed by atoms with E-state index in [1.807, 2.05) is 25.8 Å². The topological polar surface area (TPSA) is 93.2 Å². The van der Waals surface area contributed by atoms with E-state index in [0.717, 1.165) is 12.6 Å². The number of rotatable bonds is 6. The molecule has 2 aromatic rings. The molecule has 1 aromatic heterocycles. The number of carbonyl (C=O) groups excluding carboxylic acids is 2. The molecule has 1 aliphatic heterocycles. The Labute approximate surface area is 178 Å². The van der Waals surface area contributed by atoms with Crippen LogP contribution in [-0.4, -0.2) is 45.9 Å². The average Bonchev–Trinajstić information content (AvgIpc) is 2.90. The first-order valence-corrected chi connectivity index (χ1v) is 10.1. The molecule has 1 aromatic carbocycles. The minimum absolute atomic E-state index is 0.00268. The molecule has 2 amide bonds. The standard InChI is InChI=1S/C21H26F3N5O2/c1-11(2)7-16(19(25)30)26-21(31)18-17-10-28(3)5-4-6-29(17)20(27-18)12-8-14(23)15(24)9-13(12)22/h8-9,11,16H,4-7,10H2,1-3H3,(H2,25,30)(H,26,31)/t16-/m0/s1. The fourth-order valence-corrected chi connectivity index (χ4v) is 3.75. The maximum atomic E-state index is 14.5. The van der Waals surface area contributed by atoms with E-state index in [0.29, 0.717) is 37.7 Å². The van der Waals surface area contributed by atoms with Crippen LogP contribution < -0.4 is 11.1 Å². The van der Waals surface area contributed by atoms with E-state index in [1.54, 1.807) is 4.57 Å². The molecule has 0 saturated carbocycles. The highest BCUT2D eigenvalue weighted by Gasteiger charge is 2.29. The van der Waals surface area contributed by atoms with Gasteiger partial charge in [0, 0.05) is 19.2 Å². The lowest BCUT2D eigenvalue weighted by Crippen LogP contribution is -2.45. The smallest absolute Gasteiger partial charge is 0.272 e. The summed E-state index contributed by atoms with van der Waals surface area (Å²) in [7, 11) is 1.87. The zero-order valence-electron chi connectivity index (χ0n) is 17.7. The van der Waals surface area contributed by atoms with Crippen LogP contribution in [0.3, 0.4) is 0 Å². The number of hydrogen-bond donors (Lipinski definition) is 2. The number of carbonyl (C=O) groups is 2. The molecule has 2 heterocycles. The lowest BCUT2D eigenvalue weighted by molar-refractivity contribution is -0.120. The fourth-order valence-electron chi connectivity index (χ4n) is 3.75. The van der Waals surface area contributed by atoms with Crippen LogP contribution in [-0.2, 0) is 17.9 Å². The van der Waals surface area contributed by atoms with Crippen LogP contribution in [0.4, 0.5) is 13.2 Å². The van der Waals surface area contributed by atoms with Crippen molar-refractivity contribution in [2.45, 2.75) is 45.8 Å². The molecule has 0 radical (unpaired) electrons. The van der Waals surface area contributed by atoms with Crippen molar-refractivity contribution in [2.24, 2.45) is 11.7 Å². The number of amides is 2. The Morgan fingerprint density at radius 1 is 1.16 bits per heavy atom. The summed E-state index contributed by atoms with van der Waals surface area (Å²) in [6.45, 7) is 5.26. The molecule has 0 spiro atoms. The molecule has 3 N–H and O–H groups in total. The van der Waals surface area contributed by atoms with E-state index in [9.17, 15) is 22.8 Å². The minimum atomic E-state index is -1.31. The maximum Gasteiger partial charge on any atom is 0.272 e. The molecule has 0 unspecified atom stereocenters. The third kappa shape index (κ3) is 4.90. The zero-order valence-corrected chi connectivity index (χ0v) is 17.7. The molecule has 31 heavy (non-hydrogen) atoms. The number of fused-ring (bicyclic) bond motifs is 1. The molecule has 1 aliphatic rings. The molecule has 1 atom stereocenters. The van der Waals surface area contributed by atoms with Crippen LogP contribution in [0.15, 0.2) is 12.1 Å². The number of nitrogens with one attached hydrogen (secondary N) is 1. The van der Waals surface area contributed by atoms with Gasteiger partial charge in [-0.05, 0) is 38.4 Å². The van der Waals surface area contributed by atoms with Crippen molar-refractivity contribution >= 4 is 11.8 Å². The van der Waals surface area contributed by atoms with Crippen molar-refractivity contribution in [3.63, 3.8) is 0 Å². The highest BCUT2D eigenvalue weighted by molar-refractivity contribution is 5.97. The van der Waals surface area contributed by atoms with Gasteiger partial charge in [0.15, 0.2) is 17.3 Å². The van der Waals surface area contributed by atoms with E-state index < -0.39 is 35.3 Å². The Hall–Kier alpha value is -2.88. The van der Waals surface area contributed by atoms with Gasteiger partial charge in [-0.2, -0.15) is 0 Å². The Morgan fingerprint density at radius 2 is 1.84 bits per heavy atom. The summed E-state index contributed by atoms with van der Waals surface area (Å²) >= 11 is 0. The summed E-state index contributed by atoms with van der Waals surface area (Å²) < 4.78 is 43.4. The summed E-state index contributed by atoms with van der Waals surface area (Å²) in [5.41, 5.74) is 5.70. The van der Waals surface area contributed by atoms with Crippen molar-refractivity contribution < 1.29 is 22.8 Å². The van der Waals surface area contributed by atoms with Gasteiger partial charge in [-0.25, -0.2) is 18.2 Å². The van der Waals surface area contributed by atoms with Crippen molar-refractivity contribution in [1.29, 1.82) is 0 Å². The molecular formula is C21H26F3N5O2. The van der Waals surface area contributed by atoms with Gasteiger partial charge in [-0.15, -0.1) is 0 Å². The second-order valence-electron chi connectivity index (χ2n) is 8.28. The van der Waals surface area contributed by atoms with Gasteiger partial charge in [0.2, 0.25) is 5.91 Å². The number of benzene rings is 1. The maximum absolute atomic E-state index is 14.5. The second kappa shape index (κ2) is 9.09. The van der Waals surface area contributed by atoms with E-state index in [1.165, 1.54) is 0 Å². The Bertz CT molecular complexity index is 1010. The van der Waals surface area contributed by atoms with Gasteiger partial charge in [0.05, 0.1) is 11.3 Å². The van der Waals surface area contributed by atoms with E-state index in [2.05, 4.69) is 10.3 Å². The van der Waals surface area contributed by atoms with Gasteiger partial charge in [0.25, 0.3) is 5.91 Å². The molecule has 10 heteroatoms. The molecule has 0 saturated heterocycles. The second-order valence-corrected chi connectivity index (χ2v) is 8.28. The molecular weight excluding hydrogens is 411 g/mol.